The van der Waals surface area contributed by atoms with Gasteiger partial charge in [-0.05, 0) is 36.4 Å². The first-order chi connectivity index (χ1) is 13.2. The lowest BCUT2D eigenvalue weighted by molar-refractivity contribution is 0.275. The highest BCUT2D eigenvalue weighted by Crippen LogP contribution is 2.30. The summed E-state index contributed by atoms with van der Waals surface area (Å²) in [6.07, 6.45) is 4.66. The summed E-state index contributed by atoms with van der Waals surface area (Å²) in [6, 6.07) is 13.4. The second kappa shape index (κ2) is 6.32. The third kappa shape index (κ3) is 2.92. The van der Waals surface area contributed by atoms with Crippen molar-refractivity contribution in [1.82, 2.24) is 19.7 Å². The average molecular weight is 380 g/mol. The molecular formula is C20H15ClFN5. The highest BCUT2D eigenvalue weighted by Gasteiger charge is 2.26. The molecule has 0 unspecified atom stereocenters. The van der Waals surface area contributed by atoms with Gasteiger partial charge in [-0.3, -0.25) is 4.98 Å². The molecule has 1 fully saturated rings. The summed E-state index contributed by atoms with van der Waals surface area (Å²) in [4.78, 5) is 10.8. The van der Waals surface area contributed by atoms with Gasteiger partial charge in [0.05, 0.1) is 29.5 Å². The second-order valence-corrected chi connectivity index (χ2v) is 6.97. The standard InChI is InChI=1S/C20H15ClFN5/c21-17-5-4-16(26-11-15(22)12-26)8-19(17)27-10-14-7-13(9-24-20(14)25-27)18-3-1-2-6-23-18/h1-10,15H,11-12H2. The van der Waals surface area contributed by atoms with Gasteiger partial charge in [-0.25, -0.2) is 14.1 Å². The van der Waals surface area contributed by atoms with Crippen LogP contribution in [0.25, 0.3) is 28.0 Å². The van der Waals surface area contributed by atoms with Crippen molar-refractivity contribution in [3.05, 3.63) is 66.1 Å². The fourth-order valence-electron chi connectivity index (χ4n) is 3.22. The summed E-state index contributed by atoms with van der Waals surface area (Å²) in [6.45, 7) is 0.828. The highest BCUT2D eigenvalue weighted by molar-refractivity contribution is 6.32. The van der Waals surface area contributed by atoms with Crippen LogP contribution in [0.3, 0.4) is 0 Å². The molecule has 134 valence electrons. The van der Waals surface area contributed by atoms with Crippen molar-refractivity contribution in [2.45, 2.75) is 6.17 Å². The molecule has 7 heteroatoms. The SMILES string of the molecule is FC1CN(c2ccc(Cl)c(-n3cc4cc(-c5ccccn5)cnc4n3)c2)C1. The minimum atomic E-state index is -0.759. The van der Waals surface area contributed by atoms with Crippen molar-refractivity contribution >= 4 is 28.3 Å². The zero-order valence-electron chi connectivity index (χ0n) is 14.3. The van der Waals surface area contributed by atoms with Gasteiger partial charge in [-0.1, -0.05) is 17.7 Å². The lowest BCUT2D eigenvalue weighted by Gasteiger charge is -2.36. The Bertz CT molecular complexity index is 1120. The predicted molar refractivity (Wildman–Crippen MR) is 104 cm³/mol. The molecule has 3 aromatic heterocycles. The molecule has 4 aromatic rings. The maximum Gasteiger partial charge on any atom is 0.181 e. The third-order valence-electron chi connectivity index (χ3n) is 4.70. The molecule has 0 atom stereocenters. The van der Waals surface area contributed by atoms with E-state index in [0.717, 1.165) is 28.0 Å². The fraction of sp³-hybridized carbons (Fsp3) is 0.150. The van der Waals surface area contributed by atoms with E-state index in [2.05, 4.69) is 15.1 Å². The number of hydrogen-bond donors (Lipinski definition) is 0. The smallest absolute Gasteiger partial charge is 0.181 e. The van der Waals surface area contributed by atoms with Crippen molar-refractivity contribution in [2.24, 2.45) is 0 Å². The predicted octanol–water partition coefficient (Wildman–Crippen LogP) is 4.29. The van der Waals surface area contributed by atoms with E-state index in [1.165, 1.54) is 0 Å². The van der Waals surface area contributed by atoms with Crippen LogP contribution in [-0.4, -0.2) is 39.0 Å². The first kappa shape index (κ1) is 16.2. The van der Waals surface area contributed by atoms with E-state index in [-0.39, 0.29) is 0 Å². The zero-order chi connectivity index (χ0) is 18.4. The Balaban J connectivity index is 1.54. The molecule has 0 saturated carbocycles. The number of aromatic nitrogens is 4. The fourth-order valence-corrected chi connectivity index (χ4v) is 3.43. The first-order valence-corrected chi connectivity index (χ1v) is 9.01. The van der Waals surface area contributed by atoms with Crippen LogP contribution in [0.4, 0.5) is 10.1 Å². The van der Waals surface area contributed by atoms with E-state index in [4.69, 9.17) is 11.6 Å². The van der Waals surface area contributed by atoms with Gasteiger partial charge in [0, 0.05) is 35.2 Å². The van der Waals surface area contributed by atoms with Gasteiger partial charge >= 0.3 is 0 Å². The van der Waals surface area contributed by atoms with E-state index < -0.39 is 6.17 Å². The summed E-state index contributed by atoms with van der Waals surface area (Å²) in [5, 5.41) is 6.02. The molecule has 5 rings (SSSR count). The molecule has 1 aliphatic heterocycles. The van der Waals surface area contributed by atoms with Crippen LogP contribution < -0.4 is 4.90 Å². The van der Waals surface area contributed by atoms with Crippen LogP contribution in [0.2, 0.25) is 5.02 Å². The third-order valence-corrected chi connectivity index (χ3v) is 5.02. The summed E-state index contributed by atoms with van der Waals surface area (Å²) in [7, 11) is 0. The number of anilines is 1. The largest absolute Gasteiger partial charge is 0.365 e. The molecule has 0 N–H and O–H groups in total. The lowest BCUT2D eigenvalue weighted by Crippen LogP contribution is -2.48. The van der Waals surface area contributed by atoms with E-state index in [1.807, 2.05) is 53.6 Å². The summed E-state index contributed by atoms with van der Waals surface area (Å²) in [5.41, 5.74) is 4.10. The Labute approximate surface area is 160 Å². The van der Waals surface area contributed by atoms with Gasteiger partial charge in [0.25, 0.3) is 0 Å². The van der Waals surface area contributed by atoms with Gasteiger partial charge in [-0.15, -0.1) is 5.10 Å². The molecule has 0 spiro atoms. The van der Waals surface area contributed by atoms with Crippen LogP contribution in [0.5, 0.6) is 0 Å². The van der Waals surface area contributed by atoms with E-state index in [9.17, 15) is 4.39 Å². The summed E-state index contributed by atoms with van der Waals surface area (Å²) < 4.78 is 14.9. The molecule has 1 aliphatic rings. The van der Waals surface area contributed by atoms with Gasteiger partial charge < -0.3 is 4.90 Å². The van der Waals surface area contributed by atoms with Crippen molar-refractivity contribution in [3.63, 3.8) is 0 Å². The lowest BCUT2D eigenvalue weighted by atomic mass is 10.1. The molecule has 0 bridgehead atoms. The molecule has 27 heavy (non-hydrogen) atoms. The first-order valence-electron chi connectivity index (χ1n) is 8.63. The Morgan fingerprint density at radius 2 is 1.96 bits per heavy atom. The maximum absolute atomic E-state index is 13.2. The van der Waals surface area contributed by atoms with Crippen LogP contribution in [0.15, 0.2) is 61.1 Å². The van der Waals surface area contributed by atoms with Crippen molar-refractivity contribution in [3.8, 4) is 16.9 Å². The average Bonchev–Trinajstić information content (AvgIpc) is 3.10. The number of nitrogens with zero attached hydrogens (tertiary/aromatic N) is 5. The second-order valence-electron chi connectivity index (χ2n) is 6.56. The normalized spacial score (nSPS) is 14.5. The molecule has 1 aromatic carbocycles. The van der Waals surface area contributed by atoms with Crippen LogP contribution in [0.1, 0.15) is 0 Å². The number of alkyl halides is 1. The van der Waals surface area contributed by atoms with Gasteiger partial charge in [-0.2, -0.15) is 0 Å². The van der Waals surface area contributed by atoms with E-state index in [0.29, 0.717) is 23.8 Å². The number of pyridine rings is 2. The molecule has 0 amide bonds. The molecular weight excluding hydrogens is 365 g/mol. The molecule has 0 radical (unpaired) electrons. The highest BCUT2D eigenvalue weighted by atomic mass is 35.5. The van der Waals surface area contributed by atoms with Crippen molar-refractivity contribution in [1.29, 1.82) is 0 Å². The molecule has 5 nitrogen and oxygen atoms in total. The molecule has 1 saturated heterocycles. The Morgan fingerprint density at radius 1 is 1.07 bits per heavy atom. The van der Waals surface area contributed by atoms with E-state index in [1.54, 1.807) is 17.1 Å². The van der Waals surface area contributed by atoms with Crippen LogP contribution in [-0.2, 0) is 0 Å². The summed E-state index contributed by atoms with van der Waals surface area (Å²) in [5.74, 6) is 0. The molecule has 0 aliphatic carbocycles. The number of hydrogen-bond acceptors (Lipinski definition) is 4. The van der Waals surface area contributed by atoms with Gasteiger partial charge in [0.15, 0.2) is 5.65 Å². The van der Waals surface area contributed by atoms with Gasteiger partial charge in [0.1, 0.15) is 6.17 Å². The Hall–Kier alpha value is -2.99. The van der Waals surface area contributed by atoms with E-state index >= 15 is 0 Å². The Kier molecular flexibility index (Phi) is 3.79. The van der Waals surface area contributed by atoms with Crippen LogP contribution in [0, 0.1) is 0 Å². The number of rotatable bonds is 3. The van der Waals surface area contributed by atoms with Gasteiger partial charge in [0.2, 0.25) is 0 Å². The Morgan fingerprint density at radius 3 is 2.74 bits per heavy atom. The quantitative estimate of drug-likeness (QED) is 0.532. The zero-order valence-corrected chi connectivity index (χ0v) is 15.0. The van der Waals surface area contributed by atoms with Crippen LogP contribution >= 0.6 is 11.6 Å². The molecule has 4 heterocycles. The minimum absolute atomic E-state index is 0.414. The number of benzene rings is 1. The maximum atomic E-state index is 13.2. The van der Waals surface area contributed by atoms with Crippen molar-refractivity contribution in [2.75, 3.05) is 18.0 Å². The summed E-state index contributed by atoms with van der Waals surface area (Å²) >= 11 is 6.40. The van der Waals surface area contributed by atoms with Crippen molar-refractivity contribution < 1.29 is 4.39 Å². The minimum Gasteiger partial charge on any atom is -0.365 e. The monoisotopic (exact) mass is 379 g/mol. The number of fused-ring (bicyclic) bond motifs is 1. The number of halogens is 2. The topological polar surface area (TPSA) is 46.8 Å².